The van der Waals surface area contributed by atoms with Crippen molar-refractivity contribution in [3.8, 4) is 0 Å². The van der Waals surface area contributed by atoms with Gasteiger partial charge in [0.05, 0.1) is 27.2 Å². The van der Waals surface area contributed by atoms with Crippen molar-refractivity contribution in [2.75, 3.05) is 20.3 Å². The number of hydrogen-bond acceptors (Lipinski definition) is 6. The second kappa shape index (κ2) is 9.17. The standard InChI is InChI=1S/C24H24N4O3S2/c1-31-13-5-12-28-23(30)16-10-9-15(14-18(16)26-24(28)32)22(29)27-11-4-7-19(27)21-25-17-6-2-3-8-20(17)33-21/h2-3,6,8-10,14,19H,4-5,7,11-13H2,1H3,(H,26,32)/t19-/m1/s1. The number of benzene rings is 2. The van der Waals surface area contributed by atoms with E-state index in [1.165, 1.54) is 0 Å². The van der Waals surface area contributed by atoms with Crippen LogP contribution < -0.4 is 5.56 Å². The van der Waals surface area contributed by atoms with Crippen LogP contribution in [0.4, 0.5) is 0 Å². The molecule has 1 amide bonds. The van der Waals surface area contributed by atoms with Gasteiger partial charge in [0, 0.05) is 32.4 Å². The van der Waals surface area contributed by atoms with Gasteiger partial charge in [-0.15, -0.1) is 11.3 Å². The lowest BCUT2D eigenvalue weighted by Crippen LogP contribution is -2.30. The van der Waals surface area contributed by atoms with E-state index in [4.69, 9.17) is 21.9 Å². The first-order valence-electron chi connectivity index (χ1n) is 11.0. The van der Waals surface area contributed by atoms with E-state index in [-0.39, 0.29) is 17.5 Å². The zero-order valence-electron chi connectivity index (χ0n) is 18.2. The number of fused-ring (bicyclic) bond motifs is 2. The summed E-state index contributed by atoms with van der Waals surface area (Å²) < 4.78 is 8.10. The van der Waals surface area contributed by atoms with Crippen LogP contribution in [0.3, 0.4) is 0 Å². The van der Waals surface area contributed by atoms with Crippen LogP contribution in [0.15, 0.2) is 47.3 Å². The third kappa shape index (κ3) is 4.12. The number of aromatic nitrogens is 3. The molecule has 1 aliphatic heterocycles. The second-order valence-electron chi connectivity index (χ2n) is 8.17. The van der Waals surface area contributed by atoms with Gasteiger partial charge in [0.2, 0.25) is 0 Å². The Morgan fingerprint density at radius 2 is 2.15 bits per heavy atom. The maximum absolute atomic E-state index is 13.5. The van der Waals surface area contributed by atoms with E-state index in [1.807, 2.05) is 23.1 Å². The smallest absolute Gasteiger partial charge is 0.262 e. The summed E-state index contributed by atoms with van der Waals surface area (Å²) >= 11 is 7.06. The minimum absolute atomic E-state index is 0.0297. The van der Waals surface area contributed by atoms with Gasteiger partial charge in [-0.3, -0.25) is 14.2 Å². The van der Waals surface area contributed by atoms with E-state index < -0.39 is 0 Å². The molecule has 170 valence electrons. The first-order valence-corrected chi connectivity index (χ1v) is 12.2. The van der Waals surface area contributed by atoms with Crippen molar-refractivity contribution >= 4 is 50.6 Å². The number of thiazole rings is 1. The average Bonchev–Trinajstić information content (AvgIpc) is 3.47. The van der Waals surface area contributed by atoms with Gasteiger partial charge in [0.25, 0.3) is 11.5 Å². The molecular formula is C24H24N4O3S2. The first kappa shape index (κ1) is 21.9. The highest BCUT2D eigenvalue weighted by Gasteiger charge is 2.33. The zero-order valence-corrected chi connectivity index (χ0v) is 19.9. The van der Waals surface area contributed by atoms with Gasteiger partial charge in [-0.25, -0.2) is 4.98 Å². The van der Waals surface area contributed by atoms with Crippen LogP contribution in [-0.4, -0.2) is 45.6 Å². The molecule has 2 aromatic carbocycles. The van der Waals surface area contributed by atoms with Crippen molar-refractivity contribution in [2.24, 2.45) is 0 Å². The van der Waals surface area contributed by atoms with Crippen molar-refractivity contribution in [1.29, 1.82) is 0 Å². The number of nitrogens with one attached hydrogen (secondary N) is 1. The summed E-state index contributed by atoms with van der Waals surface area (Å²) in [4.78, 5) is 36.2. The Bertz CT molecular complexity index is 1420. The Morgan fingerprint density at radius 3 is 2.97 bits per heavy atom. The minimum Gasteiger partial charge on any atom is -0.385 e. The van der Waals surface area contributed by atoms with E-state index in [0.29, 0.717) is 47.4 Å². The van der Waals surface area contributed by atoms with Crippen molar-refractivity contribution in [2.45, 2.75) is 31.8 Å². The number of nitrogens with zero attached hydrogens (tertiary/aromatic N) is 3. The molecule has 0 radical (unpaired) electrons. The molecule has 1 aliphatic rings. The Morgan fingerprint density at radius 1 is 1.30 bits per heavy atom. The largest absolute Gasteiger partial charge is 0.385 e. The molecule has 4 aromatic rings. The van der Waals surface area contributed by atoms with E-state index in [1.54, 1.807) is 41.2 Å². The minimum atomic E-state index is -0.155. The van der Waals surface area contributed by atoms with Crippen LogP contribution in [0.1, 0.15) is 40.7 Å². The number of carbonyl (C=O) groups excluding carboxylic acids is 1. The van der Waals surface area contributed by atoms with Crippen molar-refractivity contribution in [3.63, 3.8) is 0 Å². The number of methoxy groups -OCH3 is 1. The third-order valence-electron chi connectivity index (χ3n) is 6.07. The maximum atomic E-state index is 13.5. The van der Waals surface area contributed by atoms with Gasteiger partial charge in [-0.1, -0.05) is 12.1 Å². The Kier molecular flexibility index (Phi) is 6.09. The van der Waals surface area contributed by atoms with Gasteiger partial charge in [-0.05, 0) is 61.8 Å². The lowest BCUT2D eigenvalue weighted by atomic mass is 10.1. The number of carbonyl (C=O) groups is 1. The van der Waals surface area contributed by atoms with E-state index in [9.17, 15) is 9.59 Å². The zero-order chi connectivity index (χ0) is 22.9. The number of aromatic amines is 1. The highest BCUT2D eigenvalue weighted by Crippen LogP contribution is 2.37. The summed E-state index contributed by atoms with van der Waals surface area (Å²) in [5.41, 5.74) is 1.93. The average molecular weight is 481 g/mol. The summed E-state index contributed by atoms with van der Waals surface area (Å²) in [5, 5.41) is 1.49. The van der Waals surface area contributed by atoms with Crippen LogP contribution >= 0.6 is 23.6 Å². The Labute approximate surface area is 199 Å². The molecule has 33 heavy (non-hydrogen) atoms. The number of para-hydroxylation sites is 1. The summed E-state index contributed by atoms with van der Waals surface area (Å²) in [6.07, 6.45) is 2.53. The van der Waals surface area contributed by atoms with Crippen LogP contribution in [0.25, 0.3) is 21.1 Å². The molecule has 1 atom stereocenters. The van der Waals surface area contributed by atoms with Crippen LogP contribution in [0.2, 0.25) is 0 Å². The SMILES string of the molecule is COCCCn1c(=S)[nH]c2cc(C(=O)N3CCC[C@@H]3c3nc4ccccc4s3)ccc2c1=O. The summed E-state index contributed by atoms with van der Waals surface area (Å²) in [6, 6.07) is 13.2. The molecule has 5 rings (SSSR count). The van der Waals surface area contributed by atoms with Crippen molar-refractivity contribution in [1.82, 2.24) is 19.4 Å². The molecular weight excluding hydrogens is 456 g/mol. The van der Waals surface area contributed by atoms with Crippen LogP contribution in [0, 0.1) is 4.77 Å². The normalized spacial score (nSPS) is 16.2. The van der Waals surface area contributed by atoms with Crippen LogP contribution in [0.5, 0.6) is 0 Å². The number of ether oxygens (including phenoxy) is 1. The molecule has 0 bridgehead atoms. The van der Waals surface area contributed by atoms with Gasteiger partial charge < -0.3 is 14.6 Å². The molecule has 1 saturated heterocycles. The maximum Gasteiger partial charge on any atom is 0.262 e. The highest BCUT2D eigenvalue weighted by molar-refractivity contribution is 7.71. The number of amides is 1. The van der Waals surface area contributed by atoms with E-state index in [2.05, 4.69) is 11.1 Å². The van der Waals surface area contributed by atoms with Gasteiger partial charge in [0.15, 0.2) is 4.77 Å². The Balaban J connectivity index is 1.45. The molecule has 3 heterocycles. The summed E-state index contributed by atoms with van der Waals surface area (Å²) in [6.45, 7) is 1.73. The predicted octanol–water partition coefficient (Wildman–Crippen LogP) is 4.68. The quantitative estimate of drug-likeness (QED) is 0.320. The lowest BCUT2D eigenvalue weighted by molar-refractivity contribution is 0.0735. The summed E-state index contributed by atoms with van der Waals surface area (Å²) in [5.74, 6) is -0.0535. The van der Waals surface area contributed by atoms with E-state index in [0.717, 1.165) is 28.1 Å². The lowest BCUT2D eigenvalue weighted by Gasteiger charge is -2.23. The van der Waals surface area contributed by atoms with Crippen molar-refractivity contribution in [3.05, 3.63) is 68.2 Å². The van der Waals surface area contributed by atoms with Gasteiger partial charge in [-0.2, -0.15) is 0 Å². The molecule has 2 aromatic heterocycles. The number of H-pyrrole nitrogens is 1. The monoisotopic (exact) mass is 480 g/mol. The summed E-state index contributed by atoms with van der Waals surface area (Å²) in [7, 11) is 1.63. The predicted molar refractivity (Wildman–Crippen MR) is 133 cm³/mol. The van der Waals surface area contributed by atoms with Crippen LogP contribution in [-0.2, 0) is 11.3 Å². The Hall–Kier alpha value is -2.88. The van der Waals surface area contributed by atoms with Gasteiger partial charge in [0.1, 0.15) is 5.01 Å². The fraction of sp³-hybridized carbons (Fsp3) is 0.333. The molecule has 1 N–H and O–H groups in total. The van der Waals surface area contributed by atoms with Crippen molar-refractivity contribution < 1.29 is 9.53 Å². The molecule has 0 saturated carbocycles. The van der Waals surface area contributed by atoms with E-state index >= 15 is 0 Å². The number of likely N-dealkylation sites (tertiary alicyclic amines) is 1. The molecule has 0 aliphatic carbocycles. The molecule has 9 heteroatoms. The molecule has 7 nitrogen and oxygen atoms in total. The second-order valence-corrected chi connectivity index (χ2v) is 9.62. The number of hydrogen-bond donors (Lipinski definition) is 1. The molecule has 1 fully saturated rings. The highest BCUT2D eigenvalue weighted by atomic mass is 32.1. The van der Waals surface area contributed by atoms with Gasteiger partial charge >= 0.3 is 0 Å². The fourth-order valence-electron chi connectivity index (χ4n) is 4.42. The number of rotatable bonds is 6. The fourth-order valence-corrected chi connectivity index (χ4v) is 5.82. The third-order valence-corrected chi connectivity index (χ3v) is 7.53. The molecule has 0 unspecified atom stereocenters. The first-order chi connectivity index (χ1) is 16.1. The molecule has 0 spiro atoms. The topological polar surface area (TPSA) is 80.2 Å².